The minimum Gasteiger partial charge on any atom is -0.304 e. The molecule has 1 unspecified atom stereocenters. The molecule has 0 aromatic heterocycles. The summed E-state index contributed by atoms with van der Waals surface area (Å²) < 4.78 is 0. The number of amides is 1. The third-order valence-electron chi connectivity index (χ3n) is 2.33. The van der Waals surface area contributed by atoms with Crippen molar-refractivity contribution in [1.82, 2.24) is 5.32 Å². The number of hydrogen-bond acceptors (Lipinski definition) is 4. The third kappa shape index (κ3) is 3.67. The Balaban J connectivity index is 1.93. The molecule has 18 heavy (non-hydrogen) atoms. The van der Waals surface area contributed by atoms with Crippen LogP contribution in [-0.4, -0.2) is 28.6 Å². The molecule has 0 saturated carbocycles. The molecule has 6 heteroatoms. The van der Waals surface area contributed by atoms with Crippen molar-refractivity contribution in [3.05, 3.63) is 29.3 Å². The van der Waals surface area contributed by atoms with Crippen LogP contribution in [0.25, 0.3) is 0 Å². The molecule has 96 valence electrons. The van der Waals surface area contributed by atoms with E-state index in [0.29, 0.717) is 5.02 Å². The van der Waals surface area contributed by atoms with Gasteiger partial charge in [0, 0.05) is 10.6 Å². The Labute approximate surface area is 120 Å². The van der Waals surface area contributed by atoms with Gasteiger partial charge >= 0.3 is 0 Å². The predicted molar refractivity (Wildman–Crippen MR) is 79.7 cm³/mol. The molecule has 0 spiro atoms. The Bertz CT molecular complexity index is 479. The van der Waals surface area contributed by atoms with E-state index >= 15 is 0 Å². The van der Waals surface area contributed by atoms with Crippen molar-refractivity contribution >= 4 is 46.2 Å². The van der Waals surface area contributed by atoms with E-state index in [1.165, 1.54) is 11.8 Å². The van der Waals surface area contributed by atoms with E-state index in [1.807, 2.05) is 31.2 Å². The molecule has 1 atom stereocenters. The molecule has 3 nitrogen and oxygen atoms in total. The van der Waals surface area contributed by atoms with Crippen molar-refractivity contribution in [2.75, 3.05) is 12.3 Å². The summed E-state index contributed by atoms with van der Waals surface area (Å²) in [6.07, 6.45) is 0. The summed E-state index contributed by atoms with van der Waals surface area (Å²) in [5.74, 6) is 0.912. The molecule has 2 rings (SSSR count). The Morgan fingerprint density at radius 1 is 1.56 bits per heavy atom. The van der Waals surface area contributed by atoms with Crippen molar-refractivity contribution in [2.45, 2.75) is 17.1 Å². The van der Waals surface area contributed by atoms with Crippen LogP contribution in [0, 0.1) is 0 Å². The molecule has 1 aliphatic heterocycles. The predicted octanol–water partition coefficient (Wildman–Crippen LogP) is 3.04. The summed E-state index contributed by atoms with van der Waals surface area (Å²) in [5.41, 5.74) is 0. The van der Waals surface area contributed by atoms with E-state index in [0.717, 1.165) is 22.4 Å². The Kier molecular flexibility index (Phi) is 4.97. The number of carbonyl (C=O) groups is 1. The highest BCUT2D eigenvalue weighted by atomic mass is 35.5. The number of halogens is 1. The summed E-state index contributed by atoms with van der Waals surface area (Å²) >= 11 is 9.10. The molecule has 0 bridgehead atoms. The maximum absolute atomic E-state index is 11.9. The highest BCUT2D eigenvalue weighted by molar-refractivity contribution is 8.14. The first-order valence-electron chi connectivity index (χ1n) is 5.56. The van der Waals surface area contributed by atoms with E-state index in [4.69, 9.17) is 11.6 Å². The van der Waals surface area contributed by atoms with E-state index < -0.39 is 0 Å². The van der Waals surface area contributed by atoms with Gasteiger partial charge in [0.1, 0.15) is 0 Å². The number of nitrogens with one attached hydrogen (secondary N) is 1. The number of carbonyl (C=O) groups excluding carboxylic acids is 1. The third-order valence-corrected chi connectivity index (χ3v) is 4.84. The molecule has 1 aliphatic rings. The van der Waals surface area contributed by atoms with E-state index in [9.17, 15) is 4.79 Å². The first-order chi connectivity index (χ1) is 8.66. The first-order valence-corrected chi connectivity index (χ1v) is 7.80. The summed E-state index contributed by atoms with van der Waals surface area (Å²) in [6.45, 7) is 2.65. The number of hydrogen-bond donors (Lipinski definition) is 1. The first kappa shape index (κ1) is 13.8. The van der Waals surface area contributed by atoms with Crippen LogP contribution < -0.4 is 5.32 Å². The van der Waals surface area contributed by atoms with Gasteiger partial charge in [-0.25, -0.2) is 0 Å². The number of nitrogens with zero attached hydrogens (tertiary/aromatic N) is 1. The molecule has 0 radical (unpaired) electrons. The summed E-state index contributed by atoms with van der Waals surface area (Å²) in [6, 6.07) is 7.53. The number of amidine groups is 1. The van der Waals surface area contributed by atoms with Crippen LogP contribution in [0.2, 0.25) is 5.02 Å². The van der Waals surface area contributed by atoms with Crippen molar-refractivity contribution in [3.8, 4) is 0 Å². The molecule has 1 N–H and O–H groups in total. The number of rotatable bonds is 3. The van der Waals surface area contributed by atoms with E-state index in [-0.39, 0.29) is 11.2 Å². The van der Waals surface area contributed by atoms with Gasteiger partial charge in [-0.2, -0.15) is 0 Å². The van der Waals surface area contributed by atoms with E-state index in [2.05, 4.69) is 10.3 Å². The van der Waals surface area contributed by atoms with Crippen molar-refractivity contribution < 1.29 is 4.79 Å². The lowest BCUT2D eigenvalue weighted by Gasteiger charge is -2.12. The lowest BCUT2D eigenvalue weighted by Crippen LogP contribution is -2.33. The Hall–Kier alpha value is -0.650. The summed E-state index contributed by atoms with van der Waals surface area (Å²) in [4.78, 5) is 17.1. The highest BCUT2D eigenvalue weighted by Crippen LogP contribution is 2.30. The van der Waals surface area contributed by atoms with Crippen LogP contribution >= 0.6 is 35.1 Å². The zero-order valence-corrected chi connectivity index (χ0v) is 12.2. The van der Waals surface area contributed by atoms with Crippen molar-refractivity contribution in [3.63, 3.8) is 0 Å². The van der Waals surface area contributed by atoms with Crippen LogP contribution in [0.4, 0.5) is 0 Å². The van der Waals surface area contributed by atoms with Crippen molar-refractivity contribution in [2.24, 2.45) is 4.99 Å². The van der Waals surface area contributed by atoms with Gasteiger partial charge in [-0.15, -0.1) is 11.8 Å². The second-order valence-electron chi connectivity index (χ2n) is 3.72. The van der Waals surface area contributed by atoms with Gasteiger partial charge in [0.2, 0.25) is 5.91 Å². The van der Waals surface area contributed by atoms with Crippen LogP contribution in [0.3, 0.4) is 0 Å². The van der Waals surface area contributed by atoms with Gasteiger partial charge in [-0.05, 0) is 19.1 Å². The second-order valence-corrected chi connectivity index (χ2v) is 6.59. The fourth-order valence-electron chi connectivity index (χ4n) is 1.40. The normalized spacial score (nSPS) is 16.2. The minimum atomic E-state index is -0.200. The lowest BCUT2D eigenvalue weighted by molar-refractivity contribution is -0.118. The molecular weight excluding hydrogens is 288 g/mol. The molecule has 1 aromatic rings. The van der Waals surface area contributed by atoms with Crippen LogP contribution in [-0.2, 0) is 4.79 Å². The average Bonchev–Trinajstić information content (AvgIpc) is 2.84. The average molecular weight is 301 g/mol. The molecule has 1 amide bonds. The summed E-state index contributed by atoms with van der Waals surface area (Å²) in [5, 5.41) is 4.03. The number of benzene rings is 1. The molecule has 1 aromatic carbocycles. The standard InChI is InChI=1S/C12H13ClN2OS2/c1-8(11(16)15-12-14-6-7-17-12)18-10-5-3-2-4-9(10)13/h2-5,8H,6-7H2,1H3,(H,14,15,16). The summed E-state index contributed by atoms with van der Waals surface area (Å²) in [7, 11) is 0. The lowest BCUT2D eigenvalue weighted by atomic mass is 10.4. The van der Waals surface area contributed by atoms with Gasteiger partial charge in [0.25, 0.3) is 0 Å². The van der Waals surface area contributed by atoms with Crippen LogP contribution in [0.1, 0.15) is 6.92 Å². The maximum atomic E-state index is 11.9. The number of thioether (sulfide) groups is 2. The van der Waals surface area contributed by atoms with Gasteiger partial charge in [0.15, 0.2) is 5.17 Å². The minimum absolute atomic E-state index is 0.0342. The van der Waals surface area contributed by atoms with Crippen molar-refractivity contribution in [1.29, 1.82) is 0 Å². The fraction of sp³-hybridized carbons (Fsp3) is 0.333. The van der Waals surface area contributed by atoms with Crippen LogP contribution in [0.15, 0.2) is 34.2 Å². The second kappa shape index (κ2) is 6.50. The smallest absolute Gasteiger partial charge is 0.239 e. The molecule has 1 heterocycles. The largest absolute Gasteiger partial charge is 0.304 e. The Morgan fingerprint density at radius 2 is 2.33 bits per heavy atom. The van der Waals surface area contributed by atoms with Gasteiger partial charge in [0.05, 0.1) is 16.8 Å². The maximum Gasteiger partial charge on any atom is 0.239 e. The number of aliphatic imine (C=N–C) groups is 1. The quantitative estimate of drug-likeness (QED) is 0.872. The van der Waals surface area contributed by atoms with E-state index in [1.54, 1.807) is 11.8 Å². The van der Waals surface area contributed by atoms with Gasteiger partial charge < -0.3 is 5.32 Å². The highest BCUT2D eigenvalue weighted by Gasteiger charge is 2.18. The molecule has 0 saturated heterocycles. The monoisotopic (exact) mass is 300 g/mol. The molecule has 0 aliphatic carbocycles. The topological polar surface area (TPSA) is 41.5 Å². The molecule has 0 fully saturated rings. The van der Waals surface area contributed by atoms with Gasteiger partial charge in [-0.1, -0.05) is 35.5 Å². The zero-order valence-electron chi connectivity index (χ0n) is 9.85. The zero-order chi connectivity index (χ0) is 13.0. The van der Waals surface area contributed by atoms with Gasteiger partial charge in [-0.3, -0.25) is 9.79 Å². The molecular formula is C12H13ClN2OS2. The fourth-order valence-corrected chi connectivity index (χ4v) is 3.29. The Morgan fingerprint density at radius 3 is 3.00 bits per heavy atom. The SMILES string of the molecule is CC(Sc1ccccc1Cl)C(=O)NC1=NCCS1. The van der Waals surface area contributed by atoms with Crippen LogP contribution in [0.5, 0.6) is 0 Å².